The van der Waals surface area contributed by atoms with Crippen LogP contribution in [0.2, 0.25) is 0 Å². The fourth-order valence-electron chi connectivity index (χ4n) is 6.15. The van der Waals surface area contributed by atoms with Gasteiger partial charge in [-0.3, -0.25) is 24.0 Å². The molecular formula is C38H61N11O6. The molecule has 2 aromatic carbocycles. The van der Waals surface area contributed by atoms with E-state index >= 15 is 0 Å². The zero-order valence-electron chi connectivity index (χ0n) is 31.6. The Labute approximate surface area is 322 Å². The van der Waals surface area contributed by atoms with Crippen molar-refractivity contribution < 1.29 is 29.1 Å². The maximum absolute atomic E-state index is 13.6. The summed E-state index contributed by atoms with van der Waals surface area (Å²) in [6.07, 6.45) is 3.80. The lowest BCUT2D eigenvalue weighted by Gasteiger charge is -2.24. The van der Waals surface area contributed by atoms with Crippen LogP contribution < -0.4 is 61.0 Å². The van der Waals surface area contributed by atoms with Crippen LogP contribution >= 0.6 is 0 Å². The van der Waals surface area contributed by atoms with Crippen LogP contribution in [0.3, 0.4) is 0 Å². The molecule has 0 spiro atoms. The summed E-state index contributed by atoms with van der Waals surface area (Å²) >= 11 is 0. The monoisotopic (exact) mass is 767 g/mol. The first kappa shape index (κ1) is 44.7. The molecule has 0 saturated heterocycles. The average molecular weight is 768 g/mol. The van der Waals surface area contributed by atoms with Crippen LogP contribution in [0.4, 0.5) is 0 Å². The molecule has 1 aliphatic heterocycles. The van der Waals surface area contributed by atoms with E-state index in [0.717, 1.165) is 23.1 Å². The van der Waals surface area contributed by atoms with Crippen molar-refractivity contribution in [2.45, 2.75) is 100 Å². The Morgan fingerprint density at radius 2 is 1.42 bits per heavy atom. The highest BCUT2D eigenvalue weighted by molar-refractivity contribution is 5.93. The Morgan fingerprint density at radius 3 is 2.11 bits per heavy atom. The maximum atomic E-state index is 13.6. The highest BCUT2D eigenvalue weighted by Crippen LogP contribution is 2.28. The quantitative estimate of drug-likeness (QED) is 0.0680. The first-order chi connectivity index (χ1) is 26.3. The molecule has 0 radical (unpaired) electrons. The molecule has 17 heteroatoms. The second-order valence-corrected chi connectivity index (χ2v) is 14.1. The van der Waals surface area contributed by atoms with Gasteiger partial charge in [-0.1, -0.05) is 30.3 Å². The maximum Gasteiger partial charge on any atom is 0.243 e. The fraction of sp³-hybridized carbons (Fsp3) is 0.553. The molecule has 2 aromatic rings. The summed E-state index contributed by atoms with van der Waals surface area (Å²) in [6, 6.07) is 7.72. The van der Waals surface area contributed by atoms with Crippen LogP contribution in [0.1, 0.15) is 62.5 Å². The molecule has 0 unspecified atom stereocenters. The highest BCUT2D eigenvalue weighted by Gasteiger charge is 2.29. The standard InChI is InChI=1S/C38H61N11O6/c39-14-2-8-27(41)22-47-35(52)29(43)10-4-16-45-34(51)28(42)9-5-17-46-37(54)32-19-23-6-1-7-24(18-23)25-12-13-33(50)26(20-25)21-30(44)36(53)48-31(11-3-15-40)38(55)49-32/h1,6-7,12-13,18,20,27-32,50H,2-5,8-11,14-17,19,21-22,39-44H2,(H,45,51)(H,46,54)(H,47,52)(H,48,53)(H,49,55)/t27-,28-,29-,30-,31-,32-/m0/s1. The topological polar surface area (TPSA) is 322 Å². The van der Waals surface area contributed by atoms with E-state index in [1.54, 1.807) is 18.2 Å². The summed E-state index contributed by atoms with van der Waals surface area (Å²) in [5, 5.41) is 24.4. The largest absolute Gasteiger partial charge is 0.508 e. The number of nitrogens with one attached hydrogen (secondary N) is 5. The number of rotatable bonds is 19. The summed E-state index contributed by atoms with van der Waals surface area (Å²) in [4.78, 5) is 65.1. The molecule has 1 heterocycles. The van der Waals surface area contributed by atoms with E-state index in [4.69, 9.17) is 34.4 Å². The van der Waals surface area contributed by atoms with E-state index in [2.05, 4.69) is 26.6 Å². The zero-order valence-corrected chi connectivity index (χ0v) is 31.6. The molecule has 304 valence electrons. The van der Waals surface area contributed by atoms with Gasteiger partial charge in [0.15, 0.2) is 0 Å². The van der Waals surface area contributed by atoms with E-state index < -0.39 is 47.9 Å². The van der Waals surface area contributed by atoms with Crippen molar-refractivity contribution in [2.24, 2.45) is 34.4 Å². The number of amides is 5. The van der Waals surface area contributed by atoms with Crippen LogP contribution in [0.25, 0.3) is 11.1 Å². The average Bonchev–Trinajstić information content (AvgIpc) is 3.17. The van der Waals surface area contributed by atoms with Gasteiger partial charge < -0.3 is 66.1 Å². The molecule has 1 aliphatic rings. The van der Waals surface area contributed by atoms with Gasteiger partial charge in [-0.05, 0) is 98.8 Å². The molecule has 17 nitrogen and oxygen atoms in total. The second-order valence-electron chi connectivity index (χ2n) is 14.1. The number of hydrogen-bond donors (Lipinski definition) is 12. The number of aromatic hydroxyl groups is 1. The first-order valence-electron chi connectivity index (χ1n) is 19.1. The number of hydrogen-bond acceptors (Lipinski definition) is 12. The first-order valence-corrected chi connectivity index (χ1v) is 19.1. The molecule has 3 rings (SSSR count). The molecular weight excluding hydrogens is 706 g/mol. The Hall–Kier alpha value is -4.65. The van der Waals surface area contributed by atoms with E-state index in [1.807, 2.05) is 24.3 Å². The van der Waals surface area contributed by atoms with Crippen LogP contribution in [0, 0.1) is 0 Å². The van der Waals surface area contributed by atoms with E-state index in [0.29, 0.717) is 50.8 Å². The Kier molecular flexibility index (Phi) is 19.0. The van der Waals surface area contributed by atoms with Crippen molar-refractivity contribution in [2.75, 3.05) is 32.7 Å². The third-order valence-corrected chi connectivity index (χ3v) is 9.49. The van der Waals surface area contributed by atoms with Crippen LogP contribution in [-0.2, 0) is 36.8 Å². The Bertz CT molecular complexity index is 1580. The van der Waals surface area contributed by atoms with Gasteiger partial charge in [-0.15, -0.1) is 0 Å². The Balaban J connectivity index is 1.57. The number of phenols is 1. The van der Waals surface area contributed by atoms with E-state index in [-0.39, 0.29) is 68.9 Å². The smallest absolute Gasteiger partial charge is 0.243 e. The molecule has 0 aromatic heterocycles. The van der Waals surface area contributed by atoms with Gasteiger partial charge in [-0.25, -0.2) is 0 Å². The van der Waals surface area contributed by atoms with Crippen molar-refractivity contribution >= 4 is 29.5 Å². The van der Waals surface area contributed by atoms with Crippen LogP contribution in [0.5, 0.6) is 5.75 Å². The SMILES string of the molecule is NCCC[C@H](N)CNC(=O)[C@@H](N)CCCNC(=O)[C@@H](N)CCCNC(=O)[C@@H]1Cc2cccc(c2)-c2ccc(O)c(c2)C[C@H](N)C(=O)N[C@@H](CCCN)C(=O)N1. The predicted octanol–water partition coefficient (Wildman–Crippen LogP) is -2.18. The van der Waals surface area contributed by atoms with Gasteiger partial charge in [0.05, 0.1) is 18.1 Å². The summed E-state index contributed by atoms with van der Waals surface area (Å²) < 4.78 is 0. The minimum atomic E-state index is -1.06. The summed E-state index contributed by atoms with van der Waals surface area (Å²) in [5.41, 5.74) is 38.3. The lowest BCUT2D eigenvalue weighted by atomic mass is 9.96. The van der Waals surface area contributed by atoms with Crippen molar-refractivity contribution in [1.82, 2.24) is 26.6 Å². The van der Waals surface area contributed by atoms with Gasteiger partial charge in [0, 0.05) is 38.5 Å². The molecule has 0 aliphatic carbocycles. The molecule has 18 N–H and O–H groups in total. The number of fused-ring (bicyclic) bond motifs is 5. The normalized spacial score (nSPS) is 19.1. The van der Waals surface area contributed by atoms with Crippen molar-refractivity contribution in [3.63, 3.8) is 0 Å². The zero-order chi connectivity index (χ0) is 40.3. The summed E-state index contributed by atoms with van der Waals surface area (Å²) in [5.74, 6) is -2.27. The van der Waals surface area contributed by atoms with Gasteiger partial charge >= 0.3 is 0 Å². The van der Waals surface area contributed by atoms with Crippen molar-refractivity contribution in [3.05, 3.63) is 53.6 Å². The van der Waals surface area contributed by atoms with Gasteiger partial charge in [-0.2, -0.15) is 0 Å². The molecule has 5 amide bonds. The van der Waals surface area contributed by atoms with Gasteiger partial charge in [0.25, 0.3) is 0 Å². The lowest BCUT2D eigenvalue weighted by molar-refractivity contribution is -0.132. The van der Waals surface area contributed by atoms with Gasteiger partial charge in [0.2, 0.25) is 29.5 Å². The van der Waals surface area contributed by atoms with Gasteiger partial charge in [0.1, 0.15) is 17.8 Å². The predicted molar refractivity (Wildman–Crippen MR) is 211 cm³/mol. The molecule has 0 fully saturated rings. The second kappa shape index (κ2) is 23.3. The third kappa shape index (κ3) is 15.2. The molecule has 0 saturated carbocycles. The number of carbonyl (C=O) groups excluding carboxylic acids is 5. The number of nitrogens with two attached hydrogens (primary N) is 6. The molecule has 6 atom stereocenters. The van der Waals surface area contributed by atoms with Crippen LogP contribution in [-0.4, -0.2) is 104 Å². The third-order valence-electron chi connectivity index (χ3n) is 9.49. The highest BCUT2D eigenvalue weighted by atomic mass is 16.3. The number of phenolic OH excluding ortho intramolecular Hbond substituents is 1. The van der Waals surface area contributed by atoms with Crippen molar-refractivity contribution in [3.8, 4) is 16.9 Å². The molecule has 4 bridgehead atoms. The van der Waals surface area contributed by atoms with Crippen LogP contribution in [0.15, 0.2) is 42.5 Å². The number of carbonyl (C=O) groups is 5. The number of benzene rings is 2. The minimum Gasteiger partial charge on any atom is -0.508 e. The Morgan fingerprint density at radius 1 is 0.764 bits per heavy atom. The minimum absolute atomic E-state index is 0.00143. The lowest BCUT2D eigenvalue weighted by Crippen LogP contribution is -2.56. The summed E-state index contributed by atoms with van der Waals surface area (Å²) in [7, 11) is 0. The van der Waals surface area contributed by atoms with E-state index in [1.165, 1.54) is 0 Å². The molecule has 55 heavy (non-hydrogen) atoms. The van der Waals surface area contributed by atoms with E-state index in [9.17, 15) is 29.1 Å². The van der Waals surface area contributed by atoms with Crippen molar-refractivity contribution in [1.29, 1.82) is 0 Å². The fourth-order valence-corrected chi connectivity index (χ4v) is 6.15. The summed E-state index contributed by atoms with van der Waals surface area (Å²) in [6.45, 7) is 1.60.